The second kappa shape index (κ2) is 10.3. The van der Waals surface area contributed by atoms with Crippen molar-refractivity contribution in [3.8, 4) is 5.75 Å². The van der Waals surface area contributed by atoms with Gasteiger partial charge in [-0.3, -0.25) is 9.59 Å². The molecule has 0 aliphatic heterocycles. The Morgan fingerprint density at radius 1 is 1.10 bits per heavy atom. The lowest BCUT2D eigenvalue weighted by atomic mass is 10.1. The van der Waals surface area contributed by atoms with Crippen LogP contribution in [0, 0.1) is 3.57 Å². The summed E-state index contributed by atoms with van der Waals surface area (Å²) in [6.07, 6.45) is 0. The second-order valence-corrected chi connectivity index (χ2v) is 9.49. The summed E-state index contributed by atoms with van der Waals surface area (Å²) >= 11 is 8.17. The van der Waals surface area contributed by atoms with Crippen LogP contribution in [0.3, 0.4) is 0 Å². The third kappa shape index (κ3) is 7.85. The molecule has 1 atom stereocenters. The van der Waals surface area contributed by atoms with Crippen LogP contribution in [0.25, 0.3) is 0 Å². The molecule has 0 aromatic heterocycles. The highest BCUT2D eigenvalue weighted by Crippen LogP contribution is 2.16. The number of ether oxygens (including phenoxy) is 1. The Kier molecular flexibility index (Phi) is 8.34. The molecule has 2 amide bonds. The van der Waals surface area contributed by atoms with E-state index in [-0.39, 0.29) is 25.0 Å². The van der Waals surface area contributed by atoms with Crippen molar-refractivity contribution in [1.82, 2.24) is 10.2 Å². The standard InChI is InChI=1S/C22H26ClIN2O3/c1-15(21(28)25-22(2,3)4)26(13-16-5-7-17(23)8-6-16)20(27)14-29-19-11-9-18(24)10-12-19/h5-12,15H,13-14H2,1-4H3,(H,25,28)/t15-/m0/s1. The van der Waals surface area contributed by atoms with E-state index < -0.39 is 11.6 Å². The normalized spacial score (nSPS) is 12.2. The van der Waals surface area contributed by atoms with Crippen LogP contribution in [0.15, 0.2) is 48.5 Å². The van der Waals surface area contributed by atoms with E-state index in [0.29, 0.717) is 10.8 Å². The maximum atomic E-state index is 13.0. The van der Waals surface area contributed by atoms with E-state index in [2.05, 4.69) is 27.9 Å². The maximum absolute atomic E-state index is 13.0. The van der Waals surface area contributed by atoms with Crippen LogP contribution in [0.1, 0.15) is 33.3 Å². The van der Waals surface area contributed by atoms with Gasteiger partial charge in [-0.25, -0.2) is 0 Å². The molecule has 0 bridgehead atoms. The van der Waals surface area contributed by atoms with Crippen molar-refractivity contribution in [2.24, 2.45) is 0 Å². The van der Waals surface area contributed by atoms with Crippen LogP contribution < -0.4 is 10.1 Å². The van der Waals surface area contributed by atoms with Gasteiger partial charge in [-0.05, 0) is 92.2 Å². The highest BCUT2D eigenvalue weighted by molar-refractivity contribution is 14.1. The third-order valence-corrected chi connectivity index (χ3v) is 5.08. The number of halogens is 2. The van der Waals surface area contributed by atoms with Gasteiger partial charge in [-0.2, -0.15) is 0 Å². The van der Waals surface area contributed by atoms with E-state index in [1.165, 1.54) is 4.90 Å². The summed E-state index contributed by atoms with van der Waals surface area (Å²) < 4.78 is 6.73. The molecule has 5 nitrogen and oxygen atoms in total. The van der Waals surface area contributed by atoms with Gasteiger partial charge in [0.15, 0.2) is 6.61 Å². The van der Waals surface area contributed by atoms with E-state index in [4.69, 9.17) is 16.3 Å². The molecule has 0 aliphatic carbocycles. The van der Waals surface area contributed by atoms with Crippen LogP contribution in [0.4, 0.5) is 0 Å². The van der Waals surface area contributed by atoms with Gasteiger partial charge in [0.1, 0.15) is 11.8 Å². The molecule has 0 spiro atoms. The van der Waals surface area contributed by atoms with E-state index in [1.54, 1.807) is 19.1 Å². The quantitative estimate of drug-likeness (QED) is 0.532. The van der Waals surface area contributed by atoms with Gasteiger partial charge in [0.25, 0.3) is 5.91 Å². The lowest BCUT2D eigenvalue weighted by Gasteiger charge is -2.31. The van der Waals surface area contributed by atoms with Crippen molar-refractivity contribution >= 4 is 46.0 Å². The molecular weight excluding hydrogens is 503 g/mol. The molecule has 0 saturated heterocycles. The molecule has 0 saturated carbocycles. The molecule has 156 valence electrons. The van der Waals surface area contributed by atoms with E-state index in [0.717, 1.165) is 9.13 Å². The molecule has 0 fully saturated rings. The number of hydrogen-bond acceptors (Lipinski definition) is 3. The first-order chi connectivity index (χ1) is 13.5. The number of hydrogen-bond donors (Lipinski definition) is 1. The molecule has 0 unspecified atom stereocenters. The Morgan fingerprint density at radius 2 is 1.69 bits per heavy atom. The van der Waals surface area contributed by atoms with Gasteiger partial charge in [0.05, 0.1) is 0 Å². The smallest absolute Gasteiger partial charge is 0.261 e. The minimum absolute atomic E-state index is 0.151. The summed E-state index contributed by atoms with van der Waals surface area (Å²) in [5, 5.41) is 3.55. The lowest BCUT2D eigenvalue weighted by Crippen LogP contribution is -2.53. The molecule has 2 aromatic rings. The van der Waals surface area contributed by atoms with Crippen molar-refractivity contribution < 1.29 is 14.3 Å². The lowest BCUT2D eigenvalue weighted by molar-refractivity contribution is -0.142. The number of carbonyl (C=O) groups excluding carboxylic acids is 2. The van der Waals surface area contributed by atoms with Gasteiger partial charge in [-0.1, -0.05) is 23.7 Å². The second-order valence-electron chi connectivity index (χ2n) is 7.81. The number of nitrogens with zero attached hydrogens (tertiary/aromatic N) is 1. The topological polar surface area (TPSA) is 58.6 Å². The average Bonchev–Trinajstić information content (AvgIpc) is 2.65. The molecule has 1 N–H and O–H groups in total. The summed E-state index contributed by atoms with van der Waals surface area (Å²) in [6.45, 7) is 7.57. The summed E-state index contributed by atoms with van der Waals surface area (Å²) in [5.41, 5.74) is 0.491. The van der Waals surface area contributed by atoms with Crippen molar-refractivity contribution in [2.45, 2.75) is 45.8 Å². The van der Waals surface area contributed by atoms with Gasteiger partial charge in [0, 0.05) is 20.7 Å². The fraction of sp³-hybridized carbons (Fsp3) is 0.364. The van der Waals surface area contributed by atoms with Gasteiger partial charge >= 0.3 is 0 Å². The Labute approximate surface area is 190 Å². The van der Waals surface area contributed by atoms with E-state index in [9.17, 15) is 9.59 Å². The maximum Gasteiger partial charge on any atom is 0.261 e. The predicted octanol–water partition coefficient (Wildman–Crippen LogP) is 4.66. The first-order valence-electron chi connectivity index (χ1n) is 9.29. The highest BCUT2D eigenvalue weighted by atomic mass is 127. The zero-order valence-electron chi connectivity index (χ0n) is 17.0. The predicted molar refractivity (Wildman–Crippen MR) is 124 cm³/mol. The van der Waals surface area contributed by atoms with Crippen LogP contribution in [0.5, 0.6) is 5.75 Å². The summed E-state index contributed by atoms with van der Waals surface area (Å²) in [7, 11) is 0. The van der Waals surface area contributed by atoms with E-state index >= 15 is 0 Å². The fourth-order valence-electron chi connectivity index (χ4n) is 2.60. The van der Waals surface area contributed by atoms with Gasteiger partial charge in [-0.15, -0.1) is 0 Å². The first-order valence-corrected chi connectivity index (χ1v) is 10.7. The zero-order valence-corrected chi connectivity index (χ0v) is 20.0. The van der Waals surface area contributed by atoms with Crippen LogP contribution in [-0.2, 0) is 16.1 Å². The molecule has 2 aromatic carbocycles. The summed E-state index contributed by atoms with van der Waals surface area (Å²) in [5.74, 6) is 0.126. The Morgan fingerprint density at radius 3 is 2.24 bits per heavy atom. The largest absolute Gasteiger partial charge is 0.484 e. The van der Waals surface area contributed by atoms with Crippen LogP contribution in [0.2, 0.25) is 5.02 Å². The number of amides is 2. The Balaban J connectivity index is 2.15. The monoisotopic (exact) mass is 528 g/mol. The fourth-order valence-corrected chi connectivity index (χ4v) is 3.09. The minimum Gasteiger partial charge on any atom is -0.484 e. The van der Waals surface area contributed by atoms with Crippen LogP contribution >= 0.6 is 34.2 Å². The molecule has 7 heteroatoms. The number of rotatable bonds is 7. The van der Waals surface area contributed by atoms with Crippen molar-refractivity contribution in [3.63, 3.8) is 0 Å². The average molecular weight is 529 g/mol. The number of benzene rings is 2. The van der Waals surface area contributed by atoms with Crippen molar-refractivity contribution in [2.75, 3.05) is 6.61 Å². The Hall–Kier alpha value is -1.80. The highest BCUT2D eigenvalue weighted by Gasteiger charge is 2.28. The van der Waals surface area contributed by atoms with Gasteiger partial charge < -0.3 is 15.0 Å². The van der Waals surface area contributed by atoms with Gasteiger partial charge in [0.2, 0.25) is 5.91 Å². The Bertz CT molecular complexity index is 833. The number of nitrogens with one attached hydrogen (secondary N) is 1. The zero-order chi connectivity index (χ0) is 21.6. The van der Waals surface area contributed by atoms with Crippen LogP contribution in [-0.4, -0.2) is 34.9 Å². The summed E-state index contributed by atoms with van der Waals surface area (Å²) in [6, 6.07) is 14.0. The molecular formula is C22H26ClIN2O3. The third-order valence-electron chi connectivity index (χ3n) is 4.11. The van der Waals surface area contributed by atoms with Crippen molar-refractivity contribution in [1.29, 1.82) is 0 Å². The molecule has 0 radical (unpaired) electrons. The minimum atomic E-state index is -0.655. The number of carbonyl (C=O) groups is 2. The SMILES string of the molecule is C[C@@H](C(=O)NC(C)(C)C)N(Cc1ccc(Cl)cc1)C(=O)COc1ccc(I)cc1. The molecule has 0 heterocycles. The molecule has 0 aliphatic rings. The van der Waals surface area contributed by atoms with E-state index in [1.807, 2.05) is 57.2 Å². The first kappa shape index (κ1) is 23.5. The molecule has 2 rings (SSSR count). The summed E-state index contributed by atoms with van der Waals surface area (Å²) in [4.78, 5) is 27.2. The molecule has 29 heavy (non-hydrogen) atoms. The van der Waals surface area contributed by atoms with Crippen molar-refractivity contribution in [3.05, 3.63) is 62.7 Å².